The summed E-state index contributed by atoms with van der Waals surface area (Å²) in [6.45, 7) is 9.98. The van der Waals surface area contributed by atoms with Crippen LogP contribution in [-0.2, 0) is 0 Å². The fraction of sp³-hybridized carbons (Fsp3) is 0.800. The Balaban J connectivity index is 0. The van der Waals surface area contributed by atoms with Gasteiger partial charge in [0, 0.05) is 0 Å². The van der Waals surface area contributed by atoms with E-state index < -0.39 is 5.60 Å². The van der Waals surface area contributed by atoms with Gasteiger partial charge in [-0.3, -0.25) is 0 Å². The first-order valence-electron chi connectivity index (χ1n) is 1.95. The van der Waals surface area contributed by atoms with Crippen LogP contribution in [0.4, 0.5) is 0 Å². The molecule has 0 rings (SSSR count). The number of hydrogen-bond donors (Lipinski definition) is 1. The Hall–Kier alpha value is -0.550. The average Bonchev–Trinajstić information content (AvgIpc) is 1.36. The lowest BCUT2D eigenvalue weighted by Crippen LogP contribution is -2.10. The summed E-state index contributed by atoms with van der Waals surface area (Å²) in [5, 5.41) is 14.8. The molecule has 0 aromatic carbocycles. The number of aliphatic hydroxyl groups is 1. The molecule has 7 heavy (non-hydrogen) atoms. The zero-order chi connectivity index (χ0) is 6.50. The smallest absolute Gasteiger partial charge is 0.0563 e. The maximum Gasteiger partial charge on any atom is 0.0563 e. The third kappa shape index (κ3) is 214. The largest absolute Gasteiger partial charge is 0.512 e. The molecular formula is C5H10NO-. The molecule has 0 amide bonds. The van der Waals surface area contributed by atoms with Crippen molar-refractivity contribution in [3.63, 3.8) is 0 Å². The van der Waals surface area contributed by atoms with E-state index in [4.69, 9.17) is 16.9 Å². The van der Waals surface area contributed by atoms with Crippen molar-refractivity contribution in [1.82, 2.24) is 0 Å². The minimum atomic E-state index is -0.500. The second-order valence-corrected chi connectivity index (χ2v) is 2.17. The molecule has 0 atom stereocenters. The Bertz CT molecular complexity index is 44.8. The van der Waals surface area contributed by atoms with Gasteiger partial charge < -0.3 is 16.9 Å². The van der Waals surface area contributed by atoms with Crippen LogP contribution in [0.2, 0.25) is 0 Å². The third-order valence-corrected chi connectivity index (χ3v) is 0. The Labute approximate surface area is 44.4 Å². The van der Waals surface area contributed by atoms with Gasteiger partial charge in [-0.25, -0.2) is 0 Å². The lowest BCUT2D eigenvalue weighted by molar-refractivity contribution is 0.102. The Morgan fingerprint density at radius 3 is 1.29 bits per heavy atom. The van der Waals surface area contributed by atoms with E-state index in [2.05, 4.69) is 0 Å². The predicted octanol–water partition coefficient (Wildman–Crippen LogP) is 0.874. The highest BCUT2D eigenvalue weighted by atomic mass is 16.3. The number of rotatable bonds is 0. The summed E-state index contributed by atoms with van der Waals surface area (Å²) in [5.74, 6) is 0. The van der Waals surface area contributed by atoms with E-state index >= 15 is 0 Å². The van der Waals surface area contributed by atoms with Gasteiger partial charge in [0.1, 0.15) is 0 Å². The van der Waals surface area contributed by atoms with Gasteiger partial charge in [-0.1, -0.05) is 0 Å². The van der Waals surface area contributed by atoms with Crippen molar-refractivity contribution in [1.29, 1.82) is 5.26 Å². The summed E-state index contributed by atoms with van der Waals surface area (Å²) in [6, 6.07) is 0. The molecular weight excluding hydrogens is 90.1 g/mol. The highest BCUT2D eigenvalue weighted by Crippen LogP contribution is 1.93. The van der Waals surface area contributed by atoms with E-state index in [1.54, 1.807) is 20.8 Å². The average molecular weight is 100 g/mol. The van der Waals surface area contributed by atoms with Crippen LogP contribution < -0.4 is 0 Å². The molecule has 0 saturated heterocycles. The van der Waals surface area contributed by atoms with E-state index in [0.29, 0.717) is 0 Å². The van der Waals surface area contributed by atoms with Gasteiger partial charge in [-0.15, -0.1) is 0 Å². The summed E-state index contributed by atoms with van der Waals surface area (Å²) >= 11 is 0. The van der Waals surface area contributed by atoms with E-state index in [1.165, 1.54) is 0 Å². The zero-order valence-corrected chi connectivity index (χ0v) is 4.89. The van der Waals surface area contributed by atoms with Crippen LogP contribution in [0.25, 0.3) is 0 Å². The number of nitrogens with zero attached hydrogens (tertiary/aromatic N) is 1. The summed E-state index contributed by atoms with van der Waals surface area (Å²) < 4.78 is 0. The maximum absolute atomic E-state index is 8.52. The summed E-state index contributed by atoms with van der Waals surface area (Å²) in [5.41, 5.74) is -0.500. The van der Waals surface area contributed by atoms with Crippen molar-refractivity contribution in [3.8, 4) is 0 Å². The van der Waals surface area contributed by atoms with Crippen LogP contribution in [0.3, 0.4) is 0 Å². The molecule has 0 bridgehead atoms. The first-order valence-corrected chi connectivity index (χ1v) is 1.95. The van der Waals surface area contributed by atoms with Gasteiger partial charge in [-0.05, 0) is 20.8 Å². The van der Waals surface area contributed by atoms with Crippen molar-refractivity contribution in [2.75, 3.05) is 0 Å². The molecule has 0 fully saturated rings. The van der Waals surface area contributed by atoms with Crippen LogP contribution >= 0.6 is 0 Å². The van der Waals surface area contributed by atoms with Gasteiger partial charge in [0.05, 0.1) is 5.60 Å². The van der Waals surface area contributed by atoms with Crippen LogP contribution in [0.15, 0.2) is 0 Å². The first kappa shape index (κ1) is 9.67. The van der Waals surface area contributed by atoms with Crippen LogP contribution in [0, 0.1) is 11.8 Å². The lowest BCUT2D eigenvalue weighted by Gasteiger charge is -2.04. The molecule has 0 aromatic rings. The van der Waals surface area contributed by atoms with E-state index in [9.17, 15) is 0 Å². The Morgan fingerprint density at radius 2 is 1.29 bits per heavy atom. The van der Waals surface area contributed by atoms with Crippen LogP contribution in [0.5, 0.6) is 0 Å². The highest BCUT2D eigenvalue weighted by molar-refractivity contribution is 4.50. The molecule has 0 spiro atoms. The quantitative estimate of drug-likeness (QED) is 0.459. The monoisotopic (exact) mass is 100 g/mol. The molecule has 0 aliphatic carbocycles. The highest BCUT2D eigenvalue weighted by Gasteiger charge is 1.97. The molecule has 0 radical (unpaired) electrons. The summed E-state index contributed by atoms with van der Waals surface area (Å²) in [4.78, 5) is 0. The molecule has 0 aliphatic rings. The molecule has 0 unspecified atom stereocenters. The van der Waals surface area contributed by atoms with Gasteiger partial charge >= 0.3 is 0 Å². The fourth-order valence-electron chi connectivity index (χ4n) is 0. The fourth-order valence-corrected chi connectivity index (χ4v) is 0. The molecule has 42 valence electrons. The first-order chi connectivity index (χ1) is 3.00. The standard InChI is InChI=1S/C4H10O.CN/c1-4(2,3)5;1-2/h5H,1-3H3;/q;-1. The van der Waals surface area contributed by atoms with Crippen molar-refractivity contribution in [3.05, 3.63) is 6.57 Å². The van der Waals surface area contributed by atoms with Crippen LogP contribution in [0.1, 0.15) is 20.8 Å². The second kappa shape index (κ2) is 3.63. The lowest BCUT2D eigenvalue weighted by atomic mass is 10.2. The van der Waals surface area contributed by atoms with Crippen LogP contribution in [-0.4, -0.2) is 10.7 Å². The minimum Gasteiger partial charge on any atom is -0.512 e. The molecule has 0 heterocycles. The third-order valence-electron chi connectivity index (χ3n) is 0. The van der Waals surface area contributed by atoms with E-state index in [1.807, 2.05) is 0 Å². The topological polar surface area (TPSA) is 44.0 Å². The molecule has 0 aliphatic heterocycles. The molecule has 1 N–H and O–H groups in total. The summed E-state index contributed by atoms with van der Waals surface area (Å²) in [7, 11) is 0. The van der Waals surface area contributed by atoms with E-state index in [0.717, 1.165) is 0 Å². The second-order valence-electron chi connectivity index (χ2n) is 2.17. The Morgan fingerprint density at radius 1 is 1.29 bits per heavy atom. The molecule has 2 nitrogen and oxygen atoms in total. The predicted molar refractivity (Wildman–Crippen MR) is 26.9 cm³/mol. The van der Waals surface area contributed by atoms with Crippen molar-refractivity contribution in [2.24, 2.45) is 0 Å². The maximum atomic E-state index is 8.52. The summed E-state index contributed by atoms with van der Waals surface area (Å²) in [6.07, 6.45) is 0. The SMILES string of the molecule is CC(C)(C)O.[C-]#N. The van der Waals surface area contributed by atoms with Gasteiger partial charge in [0.2, 0.25) is 0 Å². The molecule has 0 aromatic heterocycles. The van der Waals surface area contributed by atoms with Gasteiger partial charge in [-0.2, -0.15) is 0 Å². The molecule has 0 saturated carbocycles. The van der Waals surface area contributed by atoms with Crippen molar-refractivity contribution in [2.45, 2.75) is 26.4 Å². The molecule has 2 heteroatoms. The van der Waals surface area contributed by atoms with E-state index in [-0.39, 0.29) is 0 Å². The van der Waals surface area contributed by atoms with Crippen molar-refractivity contribution >= 4 is 0 Å². The Kier molecular flexibility index (Phi) is 5.02. The normalized spacial score (nSPS) is 8.86. The van der Waals surface area contributed by atoms with Gasteiger partial charge in [0.15, 0.2) is 0 Å². The van der Waals surface area contributed by atoms with Crippen molar-refractivity contribution < 1.29 is 5.11 Å². The minimum absolute atomic E-state index is 0.500. The van der Waals surface area contributed by atoms with Gasteiger partial charge in [0.25, 0.3) is 0 Å². The number of hydrogen-bond acceptors (Lipinski definition) is 2. The zero-order valence-electron chi connectivity index (χ0n) is 4.89.